The average molecular weight is 336 g/mol. The second-order valence-corrected chi connectivity index (χ2v) is 4.97. The first-order valence-corrected chi connectivity index (χ1v) is 6.84. The Hall–Kier alpha value is -1.72. The molecule has 104 valence electrons. The molecule has 2 rings (SSSR count). The highest BCUT2D eigenvalue weighted by atomic mass is 79.9. The van der Waals surface area contributed by atoms with Crippen molar-refractivity contribution in [2.75, 3.05) is 7.11 Å². The van der Waals surface area contributed by atoms with E-state index in [2.05, 4.69) is 25.7 Å². The molecule has 0 spiro atoms. The van der Waals surface area contributed by atoms with Gasteiger partial charge in [-0.1, -0.05) is 28.1 Å². The number of methoxy groups -OCH3 is 1. The lowest BCUT2D eigenvalue weighted by atomic mass is 10.1. The zero-order chi connectivity index (χ0) is 14.4. The Kier molecular flexibility index (Phi) is 5.26. The Balaban J connectivity index is 1.95. The molecule has 0 aliphatic rings. The molecule has 0 unspecified atom stereocenters. The first-order chi connectivity index (χ1) is 9.70. The van der Waals surface area contributed by atoms with Crippen molar-refractivity contribution in [2.45, 2.75) is 13.2 Å². The first-order valence-electron chi connectivity index (χ1n) is 6.05. The third-order valence-corrected chi connectivity index (χ3v) is 3.45. The molecule has 0 saturated heterocycles. The van der Waals surface area contributed by atoms with Crippen molar-refractivity contribution < 1.29 is 14.3 Å². The van der Waals surface area contributed by atoms with Gasteiger partial charge in [-0.05, 0) is 29.8 Å². The lowest BCUT2D eigenvalue weighted by Crippen LogP contribution is -2.02. The van der Waals surface area contributed by atoms with E-state index in [1.165, 1.54) is 7.11 Å². The van der Waals surface area contributed by atoms with E-state index < -0.39 is 0 Å². The van der Waals surface area contributed by atoms with E-state index in [9.17, 15) is 4.79 Å². The summed E-state index contributed by atoms with van der Waals surface area (Å²) in [6.45, 7) is 0.893. The Morgan fingerprint density at radius 2 is 2.10 bits per heavy atom. The molecule has 1 aromatic carbocycles. The topological polar surface area (TPSA) is 48.4 Å². The van der Waals surface area contributed by atoms with Crippen LogP contribution in [-0.4, -0.2) is 18.1 Å². The van der Waals surface area contributed by atoms with Gasteiger partial charge in [0, 0.05) is 10.7 Å². The van der Waals surface area contributed by atoms with E-state index >= 15 is 0 Å². The van der Waals surface area contributed by atoms with Crippen LogP contribution in [0.1, 0.15) is 21.6 Å². The Bertz CT molecular complexity index is 587. The standard InChI is InChI=1S/C15H14BrNO3/c1-19-15(18)11-5-6-12(14(16)8-11)9-20-10-13-4-2-3-7-17-13/h2-8H,9-10H2,1H3. The van der Waals surface area contributed by atoms with E-state index in [0.29, 0.717) is 18.8 Å². The number of carbonyl (C=O) groups is 1. The number of esters is 1. The van der Waals surface area contributed by atoms with Crippen molar-refractivity contribution in [3.63, 3.8) is 0 Å². The lowest BCUT2D eigenvalue weighted by Gasteiger charge is -2.07. The zero-order valence-electron chi connectivity index (χ0n) is 11.0. The van der Waals surface area contributed by atoms with Crippen LogP contribution in [0, 0.1) is 0 Å². The van der Waals surface area contributed by atoms with Crippen LogP contribution in [0.5, 0.6) is 0 Å². The van der Waals surface area contributed by atoms with Crippen LogP contribution < -0.4 is 0 Å². The smallest absolute Gasteiger partial charge is 0.337 e. The van der Waals surface area contributed by atoms with Gasteiger partial charge in [0.25, 0.3) is 0 Å². The van der Waals surface area contributed by atoms with E-state index in [1.54, 1.807) is 18.3 Å². The molecule has 0 saturated carbocycles. The van der Waals surface area contributed by atoms with Crippen molar-refractivity contribution in [1.29, 1.82) is 0 Å². The number of halogens is 1. The quantitative estimate of drug-likeness (QED) is 0.786. The number of rotatable bonds is 5. The van der Waals surface area contributed by atoms with Gasteiger partial charge >= 0.3 is 5.97 Å². The van der Waals surface area contributed by atoms with Crippen LogP contribution in [0.3, 0.4) is 0 Å². The number of hydrogen-bond acceptors (Lipinski definition) is 4. The molecule has 0 N–H and O–H groups in total. The second-order valence-electron chi connectivity index (χ2n) is 4.11. The zero-order valence-corrected chi connectivity index (χ0v) is 12.6. The van der Waals surface area contributed by atoms with Crippen LogP contribution in [0.4, 0.5) is 0 Å². The lowest BCUT2D eigenvalue weighted by molar-refractivity contribution is 0.0600. The molecule has 1 aromatic heterocycles. The van der Waals surface area contributed by atoms with Gasteiger partial charge in [0.2, 0.25) is 0 Å². The van der Waals surface area contributed by atoms with Gasteiger partial charge in [-0.2, -0.15) is 0 Å². The molecular formula is C15H14BrNO3. The third-order valence-electron chi connectivity index (χ3n) is 2.71. The molecule has 2 aromatic rings. The van der Waals surface area contributed by atoms with Gasteiger partial charge < -0.3 is 9.47 Å². The highest BCUT2D eigenvalue weighted by Gasteiger charge is 2.08. The minimum absolute atomic E-state index is 0.355. The molecule has 4 nitrogen and oxygen atoms in total. The first kappa shape index (κ1) is 14.7. The van der Waals surface area contributed by atoms with Crippen LogP contribution in [-0.2, 0) is 22.7 Å². The van der Waals surface area contributed by atoms with Gasteiger partial charge in [0.15, 0.2) is 0 Å². The summed E-state index contributed by atoms with van der Waals surface area (Å²) in [7, 11) is 1.36. The van der Waals surface area contributed by atoms with Crippen LogP contribution in [0.2, 0.25) is 0 Å². The highest BCUT2D eigenvalue weighted by molar-refractivity contribution is 9.10. The average Bonchev–Trinajstić information content (AvgIpc) is 2.49. The maximum atomic E-state index is 11.4. The van der Waals surface area contributed by atoms with Crippen LogP contribution >= 0.6 is 15.9 Å². The molecule has 0 aliphatic carbocycles. The van der Waals surface area contributed by atoms with Gasteiger partial charge in [-0.3, -0.25) is 4.98 Å². The fourth-order valence-electron chi connectivity index (χ4n) is 1.66. The summed E-state index contributed by atoms with van der Waals surface area (Å²) in [5, 5.41) is 0. The number of nitrogens with zero attached hydrogens (tertiary/aromatic N) is 1. The molecular weight excluding hydrogens is 322 g/mol. The molecule has 0 atom stereocenters. The maximum Gasteiger partial charge on any atom is 0.337 e. The summed E-state index contributed by atoms with van der Waals surface area (Å²) in [6, 6.07) is 11.0. The minimum atomic E-state index is -0.355. The van der Waals surface area contributed by atoms with Crippen molar-refractivity contribution in [3.05, 3.63) is 63.9 Å². The van der Waals surface area contributed by atoms with Crippen LogP contribution in [0.15, 0.2) is 47.1 Å². The summed E-state index contributed by atoms with van der Waals surface area (Å²) in [5.41, 5.74) is 2.36. The fourth-order valence-corrected chi connectivity index (χ4v) is 2.15. The molecule has 0 bridgehead atoms. The van der Waals surface area contributed by atoms with Crippen molar-refractivity contribution >= 4 is 21.9 Å². The van der Waals surface area contributed by atoms with Crippen molar-refractivity contribution in [2.24, 2.45) is 0 Å². The number of hydrogen-bond donors (Lipinski definition) is 0. The molecule has 0 radical (unpaired) electrons. The van der Waals surface area contributed by atoms with Gasteiger partial charge in [-0.15, -0.1) is 0 Å². The van der Waals surface area contributed by atoms with Crippen molar-refractivity contribution in [3.8, 4) is 0 Å². The summed E-state index contributed by atoms with van der Waals surface area (Å²) in [6.07, 6.45) is 1.74. The van der Waals surface area contributed by atoms with Crippen molar-refractivity contribution in [1.82, 2.24) is 4.98 Å². The summed E-state index contributed by atoms with van der Waals surface area (Å²) >= 11 is 3.43. The van der Waals surface area contributed by atoms with E-state index in [1.807, 2.05) is 24.3 Å². The Morgan fingerprint density at radius 1 is 1.25 bits per heavy atom. The number of ether oxygens (including phenoxy) is 2. The highest BCUT2D eigenvalue weighted by Crippen LogP contribution is 2.20. The minimum Gasteiger partial charge on any atom is -0.465 e. The molecule has 0 amide bonds. The Morgan fingerprint density at radius 3 is 2.75 bits per heavy atom. The normalized spacial score (nSPS) is 10.3. The fraction of sp³-hybridized carbons (Fsp3) is 0.200. The van der Waals surface area contributed by atoms with Crippen LogP contribution in [0.25, 0.3) is 0 Å². The second kappa shape index (κ2) is 7.17. The predicted octanol–water partition coefficient (Wildman–Crippen LogP) is 3.35. The molecule has 0 aliphatic heterocycles. The summed E-state index contributed by atoms with van der Waals surface area (Å²) in [4.78, 5) is 15.6. The van der Waals surface area contributed by atoms with E-state index in [4.69, 9.17) is 4.74 Å². The Labute approximate surface area is 125 Å². The number of aromatic nitrogens is 1. The molecule has 5 heteroatoms. The largest absolute Gasteiger partial charge is 0.465 e. The van der Waals surface area contributed by atoms with Gasteiger partial charge in [0.05, 0.1) is 31.6 Å². The maximum absolute atomic E-state index is 11.4. The number of pyridine rings is 1. The predicted molar refractivity (Wildman–Crippen MR) is 78.2 cm³/mol. The van der Waals surface area contributed by atoms with E-state index in [0.717, 1.165) is 15.7 Å². The molecule has 1 heterocycles. The third kappa shape index (κ3) is 3.88. The number of carbonyl (C=O) groups excluding carboxylic acids is 1. The SMILES string of the molecule is COC(=O)c1ccc(COCc2ccccn2)c(Br)c1. The van der Waals surface area contributed by atoms with Gasteiger partial charge in [0.1, 0.15) is 0 Å². The monoisotopic (exact) mass is 335 g/mol. The summed E-state index contributed by atoms with van der Waals surface area (Å²) in [5.74, 6) is -0.355. The molecule has 20 heavy (non-hydrogen) atoms. The number of benzene rings is 1. The van der Waals surface area contributed by atoms with E-state index in [-0.39, 0.29) is 5.97 Å². The van der Waals surface area contributed by atoms with Gasteiger partial charge in [-0.25, -0.2) is 4.79 Å². The summed E-state index contributed by atoms with van der Waals surface area (Å²) < 4.78 is 11.1. The molecule has 0 fully saturated rings.